The van der Waals surface area contributed by atoms with Crippen LogP contribution in [0.4, 0.5) is 0 Å². The zero-order chi connectivity index (χ0) is 15.3. The fraction of sp³-hybridized carbons (Fsp3) is 0.467. The fourth-order valence-corrected chi connectivity index (χ4v) is 2.40. The van der Waals surface area contributed by atoms with Crippen molar-refractivity contribution in [3.63, 3.8) is 0 Å². The summed E-state index contributed by atoms with van der Waals surface area (Å²) in [6.07, 6.45) is 1.41. The highest BCUT2D eigenvalue weighted by Crippen LogP contribution is 2.29. The van der Waals surface area contributed by atoms with Crippen molar-refractivity contribution < 1.29 is 14.6 Å². The fourth-order valence-electron chi connectivity index (χ4n) is 1.82. The van der Waals surface area contributed by atoms with Gasteiger partial charge in [0.15, 0.2) is 0 Å². The number of benzene rings is 1. The van der Waals surface area contributed by atoms with Gasteiger partial charge in [0, 0.05) is 4.47 Å². The summed E-state index contributed by atoms with van der Waals surface area (Å²) in [6, 6.07) is 5.58. The Morgan fingerprint density at radius 3 is 2.70 bits per heavy atom. The van der Waals surface area contributed by atoms with Gasteiger partial charge in [0.05, 0.1) is 18.1 Å². The Kier molecular flexibility index (Phi) is 5.58. The van der Waals surface area contributed by atoms with E-state index in [1.54, 1.807) is 0 Å². The van der Waals surface area contributed by atoms with Crippen molar-refractivity contribution in [3.05, 3.63) is 27.7 Å². The number of hydrogen-bond donors (Lipinski definition) is 1. The highest BCUT2D eigenvalue weighted by atomic mass is 79.9. The van der Waals surface area contributed by atoms with Crippen LogP contribution in [0.3, 0.4) is 0 Å². The van der Waals surface area contributed by atoms with Crippen LogP contribution >= 0.6 is 15.9 Å². The van der Waals surface area contributed by atoms with Crippen molar-refractivity contribution in [2.75, 3.05) is 6.61 Å². The molecule has 4 nitrogen and oxygen atoms in total. The van der Waals surface area contributed by atoms with E-state index in [9.17, 15) is 9.90 Å². The molecular formula is C15H18BrNO3. The van der Waals surface area contributed by atoms with E-state index in [1.807, 2.05) is 26.8 Å². The first kappa shape index (κ1) is 16.5. The van der Waals surface area contributed by atoms with Gasteiger partial charge in [-0.25, -0.2) is 4.79 Å². The monoisotopic (exact) mass is 339 g/mol. The summed E-state index contributed by atoms with van der Waals surface area (Å²) in [5, 5.41) is 18.1. The van der Waals surface area contributed by atoms with E-state index in [4.69, 9.17) is 10.00 Å². The lowest BCUT2D eigenvalue weighted by molar-refractivity contribution is 0.0691. The molecule has 1 N–H and O–H groups in total. The van der Waals surface area contributed by atoms with Gasteiger partial charge in [-0.15, -0.1) is 0 Å². The highest BCUT2D eigenvalue weighted by Gasteiger charge is 2.18. The van der Waals surface area contributed by atoms with Gasteiger partial charge in [-0.05, 0) is 51.3 Å². The number of nitrogens with zero attached hydrogens (tertiary/aromatic N) is 1. The maximum absolute atomic E-state index is 11.2. The lowest BCUT2D eigenvalue weighted by atomic mass is 9.90. The second kappa shape index (κ2) is 6.76. The second-order valence-corrected chi connectivity index (χ2v) is 6.27. The van der Waals surface area contributed by atoms with E-state index in [-0.39, 0.29) is 11.0 Å². The molecule has 0 bridgehead atoms. The minimum Gasteiger partial charge on any atom is -0.492 e. The summed E-state index contributed by atoms with van der Waals surface area (Å²) < 4.78 is 6.33. The first-order chi connectivity index (χ1) is 9.26. The Labute approximate surface area is 127 Å². The maximum Gasteiger partial charge on any atom is 0.339 e. The van der Waals surface area contributed by atoms with E-state index in [0.29, 0.717) is 29.7 Å². The predicted molar refractivity (Wildman–Crippen MR) is 80.0 cm³/mol. The molecule has 20 heavy (non-hydrogen) atoms. The molecule has 0 amide bonds. The van der Waals surface area contributed by atoms with Crippen LogP contribution in [0.25, 0.3) is 0 Å². The molecule has 1 rings (SSSR count). The molecule has 0 radical (unpaired) electrons. The number of aryl methyl sites for hydroxylation is 1. The normalized spacial score (nSPS) is 10.9. The van der Waals surface area contributed by atoms with Gasteiger partial charge in [0.25, 0.3) is 0 Å². The smallest absolute Gasteiger partial charge is 0.339 e. The van der Waals surface area contributed by atoms with Crippen molar-refractivity contribution in [2.24, 2.45) is 5.41 Å². The van der Waals surface area contributed by atoms with Crippen molar-refractivity contribution in [1.29, 1.82) is 5.26 Å². The second-order valence-electron chi connectivity index (χ2n) is 5.35. The first-order valence-corrected chi connectivity index (χ1v) is 7.13. The van der Waals surface area contributed by atoms with Crippen LogP contribution in [0.5, 0.6) is 5.75 Å². The number of aromatic carboxylic acids is 1. The lowest BCUT2D eigenvalue weighted by Crippen LogP contribution is -2.11. The zero-order valence-corrected chi connectivity index (χ0v) is 13.5. The highest BCUT2D eigenvalue weighted by molar-refractivity contribution is 9.10. The minimum atomic E-state index is -1.01. The van der Waals surface area contributed by atoms with Gasteiger partial charge < -0.3 is 9.84 Å². The third-order valence-corrected chi connectivity index (χ3v) is 3.42. The molecular weight excluding hydrogens is 322 g/mol. The molecule has 1 aromatic carbocycles. The molecule has 0 aromatic heterocycles. The van der Waals surface area contributed by atoms with Crippen LogP contribution in [0.15, 0.2) is 16.6 Å². The zero-order valence-electron chi connectivity index (χ0n) is 11.9. The number of rotatable bonds is 6. The quantitative estimate of drug-likeness (QED) is 0.789. The summed E-state index contributed by atoms with van der Waals surface area (Å²) in [6.45, 7) is 5.96. The number of halogens is 1. The standard InChI is InChI=1S/C15H18BrNO3/c1-10-7-11(16)8-12(14(18)19)13(10)20-6-4-5-15(2,3)9-17/h7-8H,4-6H2,1-3H3,(H,18,19). The number of hydrogen-bond acceptors (Lipinski definition) is 3. The number of carbonyl (C=O) groups is 1. The van der Waals surface area contributed by atoms with E-state index in [0.717, 1.165) is 5.56 Å². The Hall–Kier alpha value is -1.54. The third kappa shape index (κ3) is 4.53. The van der Waals surface area contributed by atoms with Crippen molar-refractivity contribution in [1.82, 2.24) is 0 Å². The Bertz CT molecular complexity index is 547. The van der Waals surface area contributed by atoms with Crippen molar-refractivity contribution in [3.8, 4) is 11.8 Å². The molecule has 0 aliphatic heterocycles. The van der Waals surface area contributed by atoms with Crippen LogP contribution < -0.4 is 4.74 Å². The van der Waals surface area contributed by atoms with Crippen LogP contribution in [-0.2, 0) is 0 Å². The lowest BCUT2D eigenvalue weighted by Gasteiger charge is -2.16. The van der Waals surface area contributed by atoms with E-state index >= 15 is 0 Å². The molecule has 0 aliphatic rings. The predicted octanol–water partition coefficient (Wildman–Crippen LogP) is 4.16. The number of ether oxygens (including phenoxy) is 1. The average Bonchev–Trinajstić information content (AvgIpc) is 2.35. The average molecular weight is 340 g/mol. The summed E-state index contributed by atoms with van der Waals surface area (Å²) in [5.74, 6) is -0.614. The van der Waals surface area contributed by atoms with Crippen LogP contribution in [0, 0.1) is 23.7 Å². The molecule has 0 fully saturated rings. The summed E-state index contributed by atoms with van der Waals surface area (Å²) >= 11 is 3.28. The minimum absolute atomic E-state index is 0.149. The van der Waals surface area contributed by atoms with Gasteiger partial charge in [0.2, 0.25) is 0 Å². The number of nitriles is 1. The van der Waals surface area contributed by atoms with E-state index in [2.05, 4.69) is 22.0 Å². The maximum atomic E-state index is 11.2. The summed E-state index contributed by atoms with van der Waals surface area (Å²) in [5.41, 5.74) is 0.543. The molecule has 5 heteroatoms. The van der Waals surface area contributed by atoms with E-state index in [1.165, 1.54) is 6.07 Å². The first-order valence-electron chi connectivity index (χ1n) is 6.34. The van der Waals surface area contributed by atoms with Gasteiger partial charge in [-0.2, -0.15) is 5.26 Å². The molecule has 108 valence electrons. The van der Waals surface area contributed by atoms with Gasteiger partial charge in [0.1, 0.15) is 11.3 Å². The molecule has 0 aliphatic carbocycles. The Balaban J connectivity index is 2.74. The molecule has 0 unspecified atom stereocenters. The van der Waals surface area contributed by atoms with Crippen LogP contribution in [0.2, 0.25) is 0 Å². The van der Waals surface area contributed by atoms with Crippen molar-refractivity contribution in [2.45, 2.75) is 33.6 Å². The largest absolute Gasteiger partial charge is 0.492 e. The van der Waals surface area contributed by atoms with Gasteiger partial charge in [-0.1, -0.05) is 15.9 Å². The molecule has 0 saturated carbocycles. The molecule has 0 saturated heterocycles. The van der Waals surface area contributed by atoms with Gasteiger partial charge in [-0.3, -0.25) is 0 Å². The third-order valence-electron chi connectivity index (χ3n) is 2.96. The molecule has 0 atom stereocenters. The van der Waals surface area contributed by atoms with Crippen LogP contribution in [-0.4, -0.2) is 17.7 Å². The SMILES string of the molecule is Cc1cc(Br)cc(C(=O)O)c1OCCCC(C)(C)C#N. The molecule has 0 heterocycles. The van der Waals surface area contributed by atoms with Gasteiger partial charge >= 0.3 is 5.97 Å². The summed E-state index contributed by atoms with van der Waals surface area (Å²) in [7, 11) is 0. The van der Waals surface area contributed by atoms with E-state index < -0.39 is 5.97 Å². The molecule has 0 spiro atoms. The molecule has 1 aromatic rings. The Morgan fingerprint density at radius 1 is 1.50 bits per heavy atom. The summed E-state index contributed by atoms with van der Waals surface area (Å²) in [4.78, 5) is 11.2. The van der Waals surface area contributed by atoms with Crippen molar-refractivity contribution >= 4 is 21.9 Å². The number of carboxylic acids is 1. The van der Waals surface area contributed by atoms with Crippen LogP contribution in [0.1, 0.15) is 42.6 Å². The Morgan fingerprint density at radius 2 is 2.15 bits per heavy atom. The number of carboxylic acid groups (broad SMARTS) is 1. The topological polar surface area (TPSA) is 70.3 Å².